The Morgan fingerprint density at radius 2 is 0.915 bits per heavy atom. The Morgan fingerprint density at radius 1 is 0.511 bits per heavy atom. The van der Waals surface area contributed by atoms with Crippen molar-refractivity contribution in [2.24, 2.45) is 0 Å². The zero-order chi connectivity index (χ0) is 33.4. The summed E-state index contributed by atoms with van der Waals surface area (Å²) in [5.74, 6) is 1.54. The quantitative estimate of drug-likeness (QED) is 0.0660. The summed E-state index contributed by atoms with van der Waals surface area (Å²) < 4.78 is 23.5. The molecule has 0 heterocycles. The van der Waals surface area contributed by atoms with Gasteiger partial charge in [0.15, 0.2) is 0 Å². The number of unbranched alkanes of at least 4 members (excludes halogenated alkanes) is 15. The van der Waals surface area contributed by atoms with Crippen LogP contribution in [0.5, 0.6) is 11.5 Å². The second-order valence-corrected chi connectivity index (χ2v) is 12.8. The molecule has 3 rings (SSSR count). The number of methoxy groups -OCH3 is 2. The molecule has 0 aromatic heterocycles. The number of hydrogen-bond acceptors (Lipinski definition) is 5. The molecule has 1 N–H and O–H groups in total. The van der Waals surface area contributed by atoms with Gasteiger partial charge in [-0.3, -0.25) is 0 Å². The van der Waals surface area contributed by atoms with Crippen molar-refractivity contribution in [2.75, 3.05) is 34.0 Å². The predicted molar refractivity (Wildman–Crippen MR) is 195 cm³/mol. The fraction of sp³-hybridized carbons (Fsp3) is 0.571. The third-order valence-corrected chi connectivity index (χ3v) is 9.12. The van der Waals surface area contributed by atoms with Gasteiger partial charge >= 0.3 is 0 Å². The van der Waals surface area contributed by atoms with Gasteiger partial charge in [-0.1, -0.05) is 158 Å². The number of benzene rings is 3. The standard InChI is InChI=1S/C42H62O5/c1-4-5-6-7-8-9-10-11-12-13-14-15-16-17-18-22-33-46-34-39(43)35-47-42(36-23-20-19-21-24-36,37-25-29-40(44-2)30-26-37)38-27-31-41(45-3)32-28-38/h19-21,23-32,39,43H,4-18,22,33-35H2,1-3H3/t39-/m0/s1. The molecule has 3 aromatic rings. The van der Waals surface area contributed by atoms with Crippen LogP contribution in [0, 0.1) is 0 Å². The number of aliphatic hydroxyl groups excluding tert-OH is 1. The minimum Gasteiger partial charge on any atom is -0.497 e. The van der Waals surface area contributed by atoms with Gasteiger partial charge in [-0.25, -0.2) is 0 Å². The maximum absolute atomic E-state index is 11.0. The van der Waals surface area contributed by atoms with Crippen molar-refractivity contribution in [2.45, 2.75) is 121 Å². The van der Waals surface area contributed by atoms with Crippen LogP contribution in [0.25, 0.3) is 0 Å². The molecule has 0 amide bonds. The van der Waals surface area contributed by atoms with Gasteiger partial charge in [0.1, 0.15) is 23.2 Å². The normalized spacial score (nSPS) is 12.3. The van der Waals surface area contributed by atoms with E-state index >= 15 is 0 Å². The molecule has 0 spiro atoms. The molecule has 0 saturated heterocycles. The fourth-order valence-corrected chi connectivity index (χ4v) is 6.32. The molecule has 0 aliphatic rings. The molecule has 5 nitrogen and oxygen atoms in total. The lowest BCUT2D eigenvalue weighted by molar-refractivity contribution is -0.0641. The SMILES string of the molecule is CCCCCCCCCCCCCCCCCCOC[C@H](O)COC(c1ccccc1)(c1ccc(OC)cc1)c1ccc(OC)cc1. The van der Waals surface area contributed by atoms with E-state index < -0.39 is 11.7 Å². The number of hydrogen-bond donors (Lipinski definition) is 1. The number of aliphatic hydroxyl groups is 1. The molecule has 3 aromatic carbocycles. The van der Waals surface area contributed by atoms with Crippen LogP contribution >= 0.6 is 0 Å². The van der Waals surface area contributed by atoms with E-state index in [1.54, 1.807) is 14.2 Å². The van der Waals surface area contributed by atoms with Crippen LogP contribution in [0.2, 0.25) is 0 Å². The summed E-state index contributed by atoms with van der Waals surface area (Å²) in [6.45, 7) is 3.31. The van der Waals surface area contributed by atoms with Crippen molar-refractivity contribution < 1.29 is 24.1 Å². The molecule has 0 radical (unpaired) electrons. The summed E-state index contributed by atoms with van der Waals surface area (Å²) >= 11 is 0. The largest absolute Gasteiger partial charge is 0.497 e. The van der Waals surface area contributed by atoms with E-state index in [-0.39, 0.29) is 13.2 Å². The van der Waals surface area contributed by atoms with Gasteiger partial charge in [-0.2, -0.15) is 0 Å². The minimum atomic E-state index is -0.950. The van der Waals surface area contributed by atoms with Crippen molar-refractivity contribution in [1.29, 1.82) is 0 Å². The Labute approximate surface area is 286 Å². The lowest BCUT2D eigenvalue weighted by Gasteiger charge is -2.36. The Kier molecular flexibility index (Phi) is 19.3. The Bertz CT molecular complexity index is 1110. The highest BCUT2D eigenvalue weighted by Crippen LogP contribution is 2.41. The average molecular weight is 647 g/mol. The molecule has 0 aliphatic carbocycles. The van der Waals surface area contributed by atoms with Gasteiger partial charge in [0, 0.05) is 6.61 Å². The third-order valence-electron chi connectivity index (χ3n) is 9.12. The van der Waals surface area contributed by atoms with Gasteiger partial charge in [0.25, 0.3) is 0 Å². The van der Waals surface area contributed by atoms with E-state index in [1.165, 1.54) is 96.3 Å². The topological polar surface area (TPSA) is 57.2 Å². The van der Waals surface area contributed by atoms with Gasteiger partial charge < -0.3 is 24.1 Å². The van der Waals surface area contributed by atoms with E-state index in [9.17, 15) is 5.11 Å². The molecule has 0 fully saturated rings. The first-order valence-electron chi connectivity index (χ1n) is 18.4. The highest BCUT2D eigenvalue weighted by molar-refractivity contribution is 5.49. The summed E-state index contributed by atoms with van der Waals surface area (Å²) in [6, 6.07) is 26.0. The number of ether oxygens (including phenoxy) is 4. The van der Waals surface area contributed by atoms with Crippen molar-refractivity contribution >= 4 is 0 Å². The lowest BCUT2D eigenvalue weighted by atomic mass is 9.80. The van der Waals surface area contributed by atoms with Crippen LogP contribution in [-0.4, -0.2) is 45.3 Å². The Morgan fingerprint density at radius 3 is 1.34 bits per heavy atom. The van der Waals surface area contributed by atoms with Crippen molar-refractivity contribution in [3.05, 3.63) is 95.6 Å². The second kappa shape index (κ2) is 23.5. The average Bonchev–Trinajstić information content (AvgIpc) is 3.12. The van der Waals surface area contributed by atoms with Gasteiger partial charge in [-0.05, 0) is 47.4 Å². The first-order chi connectivity index (χ1) is 23.1. The zero-order valence-corrected chi connectivity index (χ0v) is 29.6. The summed E-state index contributed by atoms with van der Waals surface area (Å²) in [5, 5.41) is 11.0. The highest BCUT2D eigenvalue weighted by Gasteiger charge is 2.38. The molecule has 47 heavy (non-hydrogen) atoms. The van der Waals surface area contributed by atoms with Crippen molar-refractivity contribution in [1.82, 2.24) is 0 Å². The Balaban J connectivity index is 1.40. The maximum Gasteiger partial charge on any atom is 0.143 e. The summed E-state index contributed by atoms with van der Waals surface area (Å²) in [4.78, 5) is 0. The van der Waals surface area contributed by atoms with Gasteiger partial charge in [-0.15, -0.1) is 0 Å². The summed E-state index contributed by atoms with van der Waals surface area (Å²) in [5.41, 5.74) is 1.90. The Hall–Kier alpha value is -2.86. The molecule has 5 heteroatoms. The predicted octanol–water partition coefficient (Wildman–Crippen LogP) is 10.7. The zero-order valence-electron chi connectivity index (χ0n) is 29.6. The van der Waals surface area contributed by atoms with Crippen molar-refractivity contribution in [3.8, 4) is 11.5 Å². The van der Waals surface area contributed by atoms with Crippen LogP contribution < -0.4 is 9.47 Å². The first-order valence-corrected chi connectivity index (χ1v) is 18.4. The molecular weight excluding hydrogens is 584 g/mol. The van der Waals surface area contributed by atoms with Crippen LogP contribution in [0.4, 0.5) is 0 Å². The van der Waals surface area contributed by atoms with Crippen LogP contribution in [0.1, 0.15) is 126 Å². The van der Waals surface area contributed by atoms with Gasteiger partial charge in [0.05, 0.1) is 27.4 Å². The molecule has 0 bridgehead atoms. The van der Waals surface area contributed by atoms with E-state index in [0.717, 1.165) is 34.6 Å². The van der Waals surface area contributed by atoms with E-state index in [4.69, 9.17) is 18.9 Å². The smallest absolute Gasteiger partial charge is 0.143 e. The fourth-order valence-electron chi connectivity index (χ4n) is 6.32. The monoisotopic (exact) mass is 646 g/mol. The third kappa shape index (κ3) is 13.6. The molecule has 0 unspecified atom stereocenters. The number of rotatable bonds is 27. The second-order valence-electron chi connectivity index (χ2n) is 12.8. The van der Waals surface area contributed by atoms with E-state index in [1.807, 2.05) is 66.7 Å². The molecule has 260 valence electrons. The highest BCUT2D eigenvalue weighted by atomic mass is 16.5. The molecule has 0 saturated carbocycles. The van der Waals surface area contributed by atoms with Crippen LogP contribution in [-0.2, 0) is 15.1 Å². The maximum atomic E-state index is 11.0. The summed E-state index contributed by atoms with van der Waals surface area (Å²) in [7, 11) is 3.32. The van der Waals surface area contributed by atoms with Crippen molar-refractivity contribution in [3.63, 3.8) is 0 Å². The van der Waals surface area contributed by atoms with E-state index in [2.05, 4.69) is 19.1 Å². The minimum absolute atomic E-state index is 0.117. The molecule has 1 atom stereocenters. The summed E-state index contributed by atoms with van der Waals surface area (Å²) in [6.07, 6.45) is 20.8. The molecular formula is C42H62O5. The lowest BCUT2D eigenvalue weighted by Crippen LogP contribution is -2.36. The van der Waals surface area contributed by atoms with Crippen LogP contribution in [0.3, 0.4) is 0 Å². The first kappa shape index (κ1) is 38.6. The van der Waals surface area contributed by atoms with Crippen LogP contribution in [0.15, 0.2) is 78.9 Å². The molecule has 0 aliphatic heterocycles. The van der Waals surface area contributed by atoms with E-state index in [0.29, 0.717) is 6.61 Å². The van der Waals surface area contributed by atoms with Gasteiger partial charge in [0.2, 0.25) is 0 Å².